The van der Waals surface area contributed by atoms with Crippen LogP contribution in [0.4, 0.5) is 0 Å². The zero-order chi connectivity index (χ0) is 13.7. The van der Waals surface area contributed by atoms with Crippen molar-refractivity contribution in [2.45, 2.75) is 33.6 Å². The summed E-state index contributed by atoms with van der Waals surface area (Å²) in [6.07, 6.45) is 7.50. The number of benzene rings is 1. The minimum Gasteiger partial charge on any atom is -0.211 e. The van der Waals surface area contributed by atoms with Gasteiger partial charge in [0, 0.05) is 0 Å². The summed E-state index contributed by atoms with van der Waals surface area (Å²) in [4.78, 5) is 0. The van der Waals surface area contributed by atoms with Gasteiger partial charge in [0.15, 0.2) is 0 Å². The third-order valence-electron chi connectivity index (χ3n) is 3.06. The van der Waals surface area contributed by atoms with E-state index in [1.807, 2.05) is 6.07 Å². The van der Waals surface area contributed by atoms with Crippen LogP contribution in [-0.2, 0) is 39.0 Å². The Hall–Kier alpha value is -0.807. The molecule has 2 aromatic carbocycles. The van der Waals surface area contributed by atoms with E-state index < -0.39 is 0 Å². The van der Waals surface area contributed by atoms with Crippen LogP contribution in [0.15, 0.2) is 54.6 Å². The van der Waals surface area contributed by atoms with Gasteiger partial charge in [0.05, 0.1) is 0 Å². The molecule has 0 nitrogen and oxygen atoms in total. The Morgan fingerprint density at radius 1 is 1.15 bits per heavy atom. The Morgan fingerprint density at radius 3 is 2.50 bits per heavy atom. The van der Waals surface area contributed by atoms with Crippen LogP contribution < -0.4 is 0 Å². The SMILES string of the molecule is CC(C)(C)Cc1cc[cH-]c1.[C-]1=CCc2ccccc21.[Zr+2]. The molecular formula is C19H22Zr. The van der Waals surface area contributed by atoms with E-state index in [1.54, 1.807) is 0 Å². The molecule has 0 unspecified atom stereocenters. The molecule has 3 rings (SSSR count). The first-order chi connectivity index (χ1) is 9.04. The van der Waals surface area contributed by atoms with Crippen molar-refractivity contribution >= 4 is 0 Å². The summed E-state index contributed by atoms with van der Waals surface area (Å²) >= 11 is 0. The zero-order valence-electron chi connectivity index (χ0n) is 12.6. The van der Waals surface area contributed by atoms with Crippen molar-refractivity contribution in [2.75, 3.05) is 0 Å². The Kier molecular flexibility index (Phi) is 6.76. The summed E-state index contributed by atoms with van der Waals surface area (Å²) in [5, 5.41) is 0. The normalized spacial score (nSPS) is 12.2. The molecule has 0 heterocycles. The van der Waals surface area contributed by atoms with Gasteiger partial charge in [-0.25, -0.2) is 6.07 Å². The molecule has 20 heavy (non-hydrogen) atoms. The van der Waals surface area contributed by atoms with Crippen molar-refractivity contribution < 1.29 is 26.2 Å². The van der Waals surface area contributed by atoms with Crippen molar-refractivity contribution in [2.24, 2.45) is 5.41 Å². The minimum absolute atomic E-state index is 0. The molecule has 102 valence electrons. The molecule has 0 bridgehead atoms. The molecule has 0 aliphatic heterocycles. The zero-order valence-corrected chi connectivity index (χ0v) is 15.1. The maximum Gasteiger partial charge on any atom is 2.00 e. The fourth-order valence-electron chi connectivity index (χ4n) is 2.25. The molecule has 0 spiro atoms. The van der Waals surface area contributed by atoms with E-state index in [9.17, 15) is 0 Å². The molecular weight excluding hydrogens is 319 g/mol. The molecule has 0 atom stereocenters. The third-order valence-corrected chi connectivity index (χ3v) is 3.06. The molecule has 0 saturated heterocycles. The molecule has 0 saturated carbocycles. The van der Waals surface area contributed by atoms with Crippen LogP contribution in [-0.4, -0.2) is 0 Å². The Bertz CT molecular complexity index is 527. The summed E-state index contributed by atoms with van der Waals surface area (Å²) in [5.41, 5.74) is 4.54. The predicted molar refractivity (Wildman–Crippen MR) is 82.3 cm³/mol. The fraction of sp³-hybridized carbons (Fsp3) is 0.316. The smallest absolute Gasteiger partial charge is 0.211 e. The van der Waals surface area contributed by atoms with Crippen LogP contribution in [0.25, 0.3) is 0 Å². The van der Waals surface area contributed by atoms with E-state index in [4.69, 9.17) is 0 Å². The molecule has 1 aliphatic rings. The van der Waals surface area contributed by atoms with Gasteiger partial charge in [0.25, 0.3) is 0 Å². The molecule has 0 amide bonds. The number of allylic oxidation sites excluding steroid dienone is 1. The van der Waals surface area contributed by atoms with Crippen molar-refractivity contribution in [3.05, 3.63) is 77.4 Å². The van der Waals surface area contributed by atoms with Crippen LogP contribution in [0, 0.1) is 11.5 Å². The molecule has 1 aliphatic carbocycles. The van der Waals surface area contributed by atoms with Gasteiger partial charge in [0.1, 0.15) is 0 Å². The molecule has 2 aromatic rings. The monoisotopic (exact) mass is 340 g/mol. The molecule has 0 N–H and O–H groups in total. The van der Waals surface area contributed by atoms with Crippen LogP contribution in [0.5, 0.6) is 0 Å². The number of fused-ring (bicyclic) bond motifs is 1. The maximum absolute atomic E-state index is 3.18. The van der Waals surface area contributed by atoms with Crippen LogP contribution in [0.1, 0.15) is 37.5 Å². The Morgan fingerprint density at radius 2 is 1.90 bits per heavy atom. The van der Waals surface area contributed by atoms with Gasteiger partial charge in [-0.3, -0.25) is 0 Å². The van der Waals surface area contributed by atoms with Crippen LogP contribution >= 0.6 is 0 Å². The summed E-state index contributed by atoms with van der Waals surface area (Å²) in [5.74, 6) is 0. The van der Waals surface area contributed by atoms with Gasteiger partial charge in [-0.05, 0) is 5.41 Å². The molecule has 0 radical (unpaired) electrons. The predicted octanol–water partition coefficient (Wildman–Crippen LogP) is 4.94. The summed E-state index contributed by atoms with van der Waals surface area (Å²) in [7, 11) is 0. The topological polar surface area (TPSA) is 0 Å². The maximum atomic E-state index is 3.18. The van der Waals surface area contributed by atoms with Crippen LogP contribution in [0.2, 0.25) is 0 Å². The first kappa shape index (κ1) is 17.2. The summed E-state index contributed by atoms with van der Waals surface area (Å²) < 4.78 is 0. The Balaban J connectivity index is 0.000000191. The average molecular weight is 342 g/mol. The second-order valence-electron chi connectivity index (χ2n) is 6.24. The molecule has 0 fully saturated rings. The van der Waals surface area contributed by atoms with E-state index in [0.29, 0.717) is 5.41 Å². The first-order valence-electron chi connectivity index (χ1n) is 6.91. The van der Waals surface area contributed by atoms with Gasteiger partial charge >= 0.3 is 26.2 Å². The van der Waals surface area contributed by atoms with Crippen molar-refractivity contribution in [3.63, 3.8) is 0 Å². The van der Waals surface area contributed by atoms with Gasteiger partial charge in [-0.15, -0.1) is 17.7 Å². The molecule has 0 aromatic heterocycles. The summed E-state index contributed by atoms with van der Waals surface area (Å²) in [6, 6.07) is 16.9. The second kappa shape index (κ2) is 7.84. The van der Waals surface area contributed by atoms with Gasteiger partial charge in [0.2, 0.25) is 0 Å². The number of rotatable bonds is 1. The quantitative estimate of drug-likeness (QED) is 0.644. The van der Waals surface area contributed by atoms with Gasteiger partial charge in [-0.1, -0.05) is 39.7 Å². The first-order valence-corrected chi connectivity index (χ1v) is 6.91. The second-order valence-corrected chi connectivity index (χ2v) is 6.24. The molecule has 1 heteroatoms. The summed E-state index contributed by atoms with van der Waals surface area (Å²) in [6.45, 7) is 6.79. The van der Waals surface area contributed by atoms with Crippen LogP contribution in [0.3, 0.4) is 0 Å². The largest absolute Gasteiger partial charge is 2.00 e. The fourth-order valence-corrected chi connectivity index (χ4v) is 2.25. The van der Waals surface area contributed by atoms with E-state index in [-0.39, 0.29) is 26.2 Å². The van der Waals surface area contributed by atoms with Crippen molar-refractivity contribution in [3.8, 4) is 0 Å². The number of hydrogen-bond donors (Lipinski definition) is 0. The van der Waals surface area contributed by atoms with E-state index in [0.717, 1.165) is 6.42 Å². The van der Waals surface area contributed by atoms with Gasteiger partial charge < -0.3 is 0 Å². The van der Waals surface area contributed by atoms with Gasteiger partial charge in [-0.2, -0.15) is 47.5 Å². The van der Waals surface area contributed by atoms with Crippen molar-refractivity contribution in [1.82, 2.24) is 0 Å². The standard InChI is InChI=1S/C10H15.C9H7.Zr/c1-10(2,3)8-9-6-4-5-7-9;1-2-5-9-7-3-6-8(9)4-1;/h4-7H,8H2,1-3H3;1-5H,6H2;/q2*-1;+2. The van der Waals surface area contributed by atoms with E-state index in [2.05, 4.69) is 75.4 Å². The van der Waals surface area contributed by atoms with Crippen molar-refractivity contribution in [1.29, 1.82) is 0 Å². The van der Waals surface area contributed by atoms with E-state index >= 15 is 0 Å². The average Bonchev–Trinajstić information content (AvgIpc) is 2.97. The Labute approximate surface area is 142 Å². The number of hydrogen-bond acceptors (Lipinski definition) is 0. The minimum atomic E-state index is 0. The third kappa shape index (κ3) is 5.67. The van der Waals surface area contributed by atoms with E-state index in [1.165, 1.54) is 23.1 Å².